The van der Waals surface area contributed by atoms with Gasteiger partial charge < -0.3 is 4.57 Å². The molecule has 3 aromatic rings. The minimum absolute atomic E-state index is 0.0697. The van der Waals surface area contributed by atoms with Gasteiger partial charge in [-0.2, -0.15) is 0 Å². The zero-order chi connectivity index (χ0) is 17.2. The molecule has 24 heavy (non-hydrogen) atoms. The van der Waals surface area contributed by atoms with Crippen LogP contribution in [0.4, 0.5) is 0 Å². The quantitative estimate of drug-likeness (QED) is 0.772. The molecule has 0 radical (unpaired) electrons. The largest absolute Gasteiger partial charge is 0.351 e. The highest BCUT2D eigenvalue weighted by Crippen LogP contribution is 2.22. The molecule has 2 aromatic heterocycles. The van der Waals surface area contributed by atoms with E-state index < -0.39 is 15.9 Å². The highest BCUT2D eigenvalue weighted by Gasteiger charge is 2.21. The first-order valence-electron chi connectivity index (χ1n) is 7.48. The second-order valence-electron chi connectivity index (χ2n) is 5.57. The summed E-state index contributed by atoms with van der Waals surface area (Å²) in [6, 6.07) is 10.1. The van der Waals surface area contributed by atoms with Crippen LogP contribution in [0.5, 0.6) is 0 Å². The number of nitrogens with one attached hydrogen (secondary N) is 1. The molecule has 124 valence electrons. The summed E-state index contributed by atoms with van der Waals surface area (Å²) in [4.78, 5) is 16.2. The van der Waals surface area contributed by atoms with Crippen LogP contribution in [-0.4, -0.2) is 23.9 Å². The van der Waals surface area contributed by atoms with Crippen LogP contribution in [0.2, 0.25) is 0 Å². The second kappa shape index (κ2) is 6.45. The lowest BCUT2D eigenvalue weighted by Gasteiger charge is -2.14. The number of rotatable bonds is 5. The van der Waals surface area contributed by atoms with Crippen molar-refractivity contribution in [3.05, 3.63) is 61.2 Å². The second-order valence-corrected chi connectivity index (χ2v) is 7.22. The van der Waals surface area contributed by atoms with Gasteiger partial charge >= 0.3 is 0 Å². The summed E-state index contributed by atoms with van der Waals surface area (Å²) in [6.07, 6.45) is 6.86. The van der Waals surface area contributed by atoms with Gasteiger partial charge in [0.05, 0.1) is 4.90 Å². The lowest BCUT2D eigenvalue weighted by molar-refractivity contribution is -0.120. The normalized spacial score (nSPS) is 12.9. The number of hydrogen-bond donors (Lipinski definition) is 1. The Balaban J connectivity index is 1.81. The van der Waals surface area contributed by atoms with E-state index in [9.17, 15) is 13.2 Å². The Morgan fingerprint density at radius 1 is 1.21 bits per heavy atom. The van der Waals surface area contributed by atoms with E-state index in [1.165, 1.54) is 12.3 Å². The van der Waals surface area contributed by atoms with Crippen molar-refractivity contribution < 1.29 is 13.2 Å². The van der Waals surface area contributed by atoms with E-state index in [0.717, 1.165) is 0 Å². The molecule has 1 aromatic carbocycles. The Morgan fingerprint density at radius 2 is 1.96 bits per heavy atom. The molecule has 0 saturated carbocycles. The van der Waals surface area contributed by atoms with Gasteiger partial charge in [0.2, 0.25) is 5.91 Å². The summed E-state index contributed by atoms with van der Waals surface area (Å²) in [6.45, 7) is 1.86. The SMILES string of the molecule is C[C@@H](CC(=O)NS(=O)(=O)c1cccc2cnccc12)n1cccc1. The lowest BCUT2D eigenvalue weighted by Crippen LogP contribution is -2.32. The van der Waals surface area contributed by atoms with Crippen molar-refractivity contribution >= 4 is 26.7 Å². The number of amides is 1. The first kappa shape index (κ1) is 16.2. The highest BCUT2D eigenvalue weighted by atomic mass is 32.2. The van der Waals surface area contributed by atoms with E-state index in [2.05, 4.69) is 9.71 Å². The van der Waals surface area contributed by atoms with Crippen LogP contribution >= 0.6 is 0 Å². The van der Waals surface area contributed by atoms with E-state index in [4.69, 9.17) is 0 Å². The summed E-state index contributed by atoms with van der Waals surface area (Å²) in [5, 5.41) is 1.24. The van der Waals surface area contributed by atoms with Gasteiger partial charge in [0, 0.05) is 48.0 Å². The molecular weight excluding hydrogens is 326 g/mol. The van der Waals surface area contributed by atoms with E-state index in [1.54, 1.807) is 24.4 Å². The molecule has 0 fully saturated rings. The Kier molecular flexibility index (Phi) is 4.35. The minimum atomic E-state index is -3.94. The van der Waals surface area contributed by atoms with Gasteiger partial charge in [0.1, 0.15) is 0 Å². The number of fused-ring (bicyclic) bond motifs is 1. The predicted molar refractivity (Wildman–Crippen MR) is 90.8 cm³/mol. The van der Waals surface area contributed by atoms with Gasteiger partial charge in [-0.3, -0.25) is 9.78 Å². The molecule has 0 bridgehead atoms. The van der Waals surface area contributed by atoms with Gasteiger partial charge in [0.25, 0.3) is 10.0 Å². The fourth-order valence-corrected chi connectivity index (χ4v) is 3.82. The molecule has 1 atom stereocenters. The molecule has 2 heterocycles. The third-order valence-corrected chi connectivity index (χ3v) is 5.23. The number of pyridine rings is 1. The third kappa shape index (κ3) is 3.30. The number of aromatic nitrogens is 2. The molecule has 0 aliphatic heterocycles. The Bertz CT molecular complexity index is 960. The van der Waals surface area contributed by atoms with Gasteiger partial charge in [-0.15, -0.1) is 0 Å². The van der Waals surface area contributed by atoms with E-state index in [1.807, 2.05) is 36.0 Å². The van der Waals surface area contributed by atoms with E-state index in [0.29, 0.717) is 10.8 Å². The average Bonchev–Trinajstić information content (AvgIpc) is 3.08. The molecule has 7 heteroatoms. The van der Waals surface area contributed by atoms with Crippen LogP contribution in [0.25, 0.3) is 10.8 Å². The highest BCUT2D eigenvalue weighted by molar-refractivity contribution is 7.90. The summed E-state index contributed by atoms with van der Waals surface area (Å²) < 4.78 is 29.1. The Hall–Kier alpha value is -2.67. The summed E-state index contributed by atoms with van der Waals surface area (Å²) in [5.41, 5.74) is 0. The predicted octanol–water partition coefficient (Wildman–Crippen LogP) is 2.49. The van der Waals surface area contributed by atoms with E-state index >= 15 is 0 Å². The number of carbonyl (C=O) groups excluding carboxylic acids is 1. The molecule has 0 spiro atoms. The van der Waals surface area contributed by atoms with Crippen molar-refractivity contribution in [3.63, 3.8) is 0 Å². The molecule has 0 aliphatic rings. The first-order valence-corrected chi connectivity index (χ1v) is 8.96. The summed E-state index contributed by atoms with van der Waals surface area (Å²) in [7, 11) is -3.94. The Morgan fingerprint density at radius 3 is 2.71 bits per heavy atom. The molecule has 0 unspecified atom stereocenters. The topological polar surface area (TPSA) is 81.1 Å². The molecule has 3 rings (SSSR count). The van der Waals surface area contributed by atoms with Crippen molar-refractivity contribution in [2.24, 2.45) is 0 Å². The van der Waals surface area contributed by atoms with Crippen LogP contribution < -0.4 is 4.72 Å². The van der Waals surface area contributed by atoms with Crippen LogP contribution in [0.3, 0.4) is 0 Å². The van der Waals surface area contributed by atoms with E-state index in [-0.39, 0.29) is 17.4 Å². The number of carbonyl (C=O) groups is 1. The third-order valence-electron chi connectivity index (χ3n) is 3.80. The zero-order valence-corrected chi connectivity index (χ0v) is 13.9. The first-order chi connectivity index (χ1) is 11.5. The van der Waals surface area contributed by atoms with Crippen LogP contribution in [-0.2, 0) is 14.8 Å². The van der Waals surface area contributed by atoms with Gasteiger partial charge in [-0.1, -0.05) is 12.1 Å². The smallest absolute Gasteiger partial charge is 0.264 e. The fraction of sp³-hybridized carbons (Fsp3) is 0.176. The number of nitrogens with zero attached hydrogens (tertiary/aromatic N) is 2. The van der Waals surface area contributed by atoms with Crippen LogP contribution in [0, 0.1) is 0 Å². The number of sulfonamides is 1. The maximum absolute atomic E-state index is 12.6. The standard InChI is InChI=1S/C17H17N3O3S/c1-13(20-9-2-3-10-20)11-17(21)19-24(22,23)16-6-4-5-14-12-18-8-7-15(14)16/h2-10,12-13H,11H2,1H3,(H,19,21)/t13-/m0/s1. The lowest BCUT2D eigenvalue weighted by atomic mass is 10.2. The summed E-state index contributed by atoms with van der Waals surface area (Å²) >= 11 is 0. The van der Waals surface area contributed by atoms with Crippen molar-refractivity contribution in [3.8, 4) is 0 Å². The van der Waals surface area contributed by atoms with Crippen molar-refractivity contribution in [1.82, 2.24) is 14.3 Å². The molecule has 6 nitrogen and oxygen atoms in total. The van der Waals surface area contributed by atoms with Crippen molar-refractivity contribution in [2.45, 2.75) is 24.3 Å². The number of hydrogen-bond acceptors (Lipinski definition) is 4. The van der Waals surface area contributed by atoms with Gasteiger partial charge in [0.15, 0.2) is 0 Å². The minimum Gasteiger partial charge on any atom is -0.351 e. The fourth-order valence-electron chi connectivity index (χ4n) is 2.59. The average molecular weight is 343 g/mol. The van der Waals surface area contributed by atoms with Crippen LogP contribution in [0.1, 0.15) is 19.4 Å². The maximum atomic E-state index is 12.6. The van der Waals surface area contributed by atoms with Gasteiger partial charge in [-0.25, -0.2) is 13.1 Å². The van der Waals surface area contributed by atoms with Crippen LogP contribution in [0.15, 0.2) is 66.1 Å². The molecule has 1 amide bonds. The zero-order valence-electron chi connectivity index (χ0n) is 13.1. The van der Waals surface area contributed by atoms with Gasteiger partial charge in [-0.05, 0) is 31.2 Å². The summed E-state index contributed by atoms with van der Waals surface area (Å²) in [5.74, 6) is -0.540. The number of benzene rings is 1. The monoisotopic (exact) mass is 343 g/mol. The van der Waals surface area contributed by atoms with Crippen molar-refractivity contribution in [1.29, 1.82) is 0 Å². The molecule has 1 N–H and O–H groups in total. The molecular formula is C17H17N3O3S. The molecule has 0 aliphatic carbocycles. The Labute approximate surface area is 140 Å². The maximum Gasteiger partial charge on any atom is 0.264 e. The molecule has 0 saturated heterocycles. The van der Waals surface area contributed by atoms with Crippen molar-refractivity contribution in [2.75, 3.05) is 0 Å².